The van der Waals surface area contributed by atoms with Crippen LogP contribution in [0.15, 0.2) is 54.6 Å². The Balaban J connectivity index is 0.00000280. The van der Waals surface area contributed by atoms with Gasteiger partial charge in [-0.05, 0) is 37.1 Å². The van der Waals surface area contributed by atoms with Gasteiger partial charge in [0.15, 0.2) is 5.69 Å². The van der Waals surface area contributed by atoms with E-state index in [-0.39, 0.29) is 18.3 Å². The predicted octanol–water partition coefficient (Wildman–Crippen LogP) is 3.29. The zero-order valence-corrected chi connectivity index (χ0v) is 17.2. The van der Waals surface area contributed by atoms with Crippen molar-refractivity contribution in [2.45, 2.75) is 13.3 Å². The molecule has 1 aromatic heterocycles. The highest BCUT2D eigenvalue weighted by atomic mass is 35.5. The van der Waals surface area contributed by atoms with Crippen molar-refractivity contribution in [2.24, 2.45) is 5.73 Å². The van der Waals surface area contributed by atoms with Gasteiger partial charge < -0.3 is 10.6 Å². The molecule has 8 heteroatoms. The normalized spacial score (nSPS) is 10.4. The fourth-order valence-corrected chi connectivity index (χ4v) is 3.09. The lowest BCUT2D eigenvalue weighted by atomic mass is 10.1. The third-order valence-electron chi connectivity index (χ3n) is 4.35. The molecule has 0 aliphatic heterocycles. The van der Waals surface area contributed by atoms with E-state index in [1.807, 2.05) is 49.4 Å². The van der Waals surface area contributed by atoms with Crippen LogP contribution in [0, 0.1) is 6.92 Å². The number of halogens is 2. The number of nitrogens with two attached hydrogens (primary N) is 1. The van der Waals surface area contributed by atoms with Crippen molar-refractivity contribution in [1.82, 2.24) is 19.9 Å². The molecule has 0 saturated carbocycles. The molecule has 0 aliphatic carbocycles. The molecule has 0 atom stereocenters. The highest BCUT2D eigenvalue weighted by molar-refractivity contribution is 6.30. The van der Waals surface area contributed by atoms with Crippen LogP contribution >= 0.6 is 24.0 Å². The van der Waals surface area contributed by atoms with Crippen molar-refractivity contribution < 1.29 is 4.79 Å². The Kier molecular flexibility index (Phi) is 7.99. The minimum Gasteiger partial charge on any atom is -0.336 e. The zero-order chi connectivity index (χ0) is 19.2. The quantitative estimate of drug-likeness (QED) is 0.637. The van der Waals surface area contributed by atoms with Gasteiger partial charge >= 0.3 is 0 Å². The van der Waals surface area contributed by atoms with Gasteiger partial charge in [0.2, 0.25) is 0 Å². The Bertz CT molecular complexity index is 914. The first-order chi connectivity index (χ1) is 13.1. The Hall–Kier alpha value is -2.41. The fourth-order valence-electron chi connectivity index (χ4n) is 2.91. The Morgan fingerprint density at radius 1 is 1.14 bits per heavy atom. The van der Waals surface area contributed by atoms with E-state index in [4.69, 9.17) is 17.3 Å². The number of carbonyl (C=O) groups excluding carboxylic acids is 1. The minimum atomic E-state index is -0.165. The van der Waals surface area contributed by atoms with Crippen LogP contribution in [-0.4, -0.2) is 45.4 Å². The van der Waals surface area contributed by atoms with E-state index in [0.29, 0.717) is 36.0 Å². The van der Waals surface area contributed by atoms with Crippen LogP contribution in [0.4, 0.5) is 0 Å². The molecule has 3 rings (SSSR count). The number of hydrogen-bond donors (Lipinski definition) is 1. The summed E-state index contributed by atoms with van der Waals surface area (Å²) >= 11 is 6.06. The molecule has 0 aliphatic rings. The third-order valence-corrected chi connectivity index (χ3v) is 4.58. The lowest BCUT2D eigenvalue weighted by Gasteiger charge is -2.21. The van der Waals surface area contributed by atoms with Crippen LogP contribution in [0.1, 0.15) is 21.7 Å². The van der Waals surface area contributed by atoms with Crippen LogP contribution < -0.4 is 5.73 Å². The molecule has 28 heavy (non-hydrogen) atoms. The third kappa shape index (κ3) is 5.10. The van der Waals surface area contributed by atoms with Crippen molar-refractivity contribution in [1.29, 1.82) is 0 Å². The van der Waals surface area contributed by atoms with E-state index in [1.54, 1.807) is 21.7 Å². The number of rotatable bonds is 7. The van der Waals surface area contributed by atoms with E-state index in [2.05, 4.69) is 10.3 Å². The molecule has 6 nitrogen and oxygen atoms in total. The first kappa shape index (κ1) is 21.9. The second-order valence-electron chi connectivity index (χ2n) is 6.23. The molecule has 2 N–H and O–H groups in total. The monoisotopic (exact) mass is 419 g/mol. The molecule has 148 valence electrons. The second kappa shape index (κ2) is 10.2. The highest BCUT2D eigenvalue weighted by Crippen LogP contribution is 2.17. The second-order valence-corrected chi connectivity index (χ2v) is 6.67. The molecule has 0 fully saturated rings. The molecule has 0 unspecified atom stereocenters. The molecule has 0 spiro atoms. The summed E-state index contributed by atoms with van der Waals surface area (Å²) in [4.78, 5) is 14.7. The van der Waals surface area contributed by atoms with Crippen LogP contribution in [0.3, 0.4) is 0 Å². The number of hydrogen-bond acceptors (Lipinski definition) is 4. The van der Waals surface area contributed by atoms with Gasteiger partial charge in [0.05, 0.1) is 11.4 Å². The summed E-state index contributed by atoms with van der Waals surface area (Å²) in [6, 6.07) is 17.3. The lowest BCUT2D eigenvalue weighted by molar-refractivity contribution is 0.0755. The highest BCUT2D eigenvalue weighted by Gasteiger charge is 2.22. The SMILES string of the molecule is Cc1c(C(=O)N(CCN)CCc2ccccc2)nnn1-c1cccc(Cl)c1.Cl. The molecule has 2 aromatic carbocycles. The zero-order valence-electron chi connectivity index (χ0n) is 15.6. The number of amides is 1. The summed E-state index contributed by atoms with van der Waals surface area (Å²) in [7, 11) is 0. The van der Waals surface area contributed by atoms with Gasteiger partial charge in [-0.2, -0.15) is 0 Å². The average Bonchev–Trinajstić information content (AvgIpc) is 3.07. The van der Waals surface area contributed by atoms with Crippen LogP contribution in [0.2, 0.25) is 5.02 Å². The van der Waals surface area contributed by atoms with E-state index in [0.717, 1.165) is 12.1 Å². The van der Waals surface area contributed by atoms with Crippen molar-refractivity contribution >= 4 is 29.9 Å². The van der Waals surface area contributed by atoms with Crippen LogP contribution in [0.25, 0.3) is 5.69 Å². The van der Waals surface area contributed by atoms with Crippen molar-refractivity contribution in [3.8, 4) is 5.69 Å². The van der Waals surface area contributed by atoms with Gasteiger partial charge in [0.25, 0.3) is 5.91 Å². The maximum absolute atomic E-state index is 13.0. The van der Waals surface area contributed by atoms with Gasteiger partial charge in [-0.1, -0.05) is 53.2 Å². The maximum atomic E-state index is 13.0. The fraction of sp³-hybridized carbons (Fsp3) is 0.250. The topological polar surface area (TPSA) is 77.0 Å². The Labute approximate surface area is 175 Å². The lowest BCUT2D eigenvalue weighted by Crippen LogP contribution is -2.37. The van der Waals surface area contributed by atoms with Gasteiger partial charge in [0.1, 0.15) is 0 Å². The van der Waals surface area contributed by atoms with Crippen molar-refractivity contribution in [2.75, 3.05) is 19.6 Å². The van der Waals surface area contributed by atoms with Crippen LogP contribution in [0.5, 0.6) is 0 Å². The maximum Gasteiger partial charge on any atom is 0.276 e. The van der Waals surface area contributed by atoms with Gasteiger partial charge in [0, 0.05) is 24.7 Å². The molecular weight excluding hydrogens is 397 g/mol. The average molecular weight is 420 g/mol. The molecule has 0 saturated heterocycles. The number of nitrogens with zero attached hydrogens (tertiary/aromatic N) is 4. The number of carbonyl (C=O) groups is 1. The Morgan fingerprint density at radius 2 is 1.89 bits per heavy atom. The minimum absolute atomic E-state index is 0. The van der Waals surface area contributed by atoms with E-state index in [1.165, 1.54) is 5.56 Å². The van der Waals surface area contributed by atoms with Gasteiger partial charge in [-0.3, -0.25) is 4.79 Å². The summed E-state index contributed by atoms with van der Waals surface area (Å²) < 4.78 is 1.62. The molecule has 1 heterocycles. The molecule has 0 radical (unpaired) electrons. The molecule has 3 aromatic rings. The Morgan fingerprint density at radius 3 is 2.57 bits per heavy atom. The molecular formula is C20H23Cl2N5O. The largest absolute Gasteiger partial charge is 0.336 e. The first-order valence-corrected chi connectivity index (χ1v) is 9.19. The number of benzene rings is 2. The predicted molar refractivity (Wildman–Crippen MR) is 113 cm³/mol. The summed E-state index contributed by atoms with van der Waals surface area (Å²) in [5.74, 6) is -0.165. The standard InChI is InChI=1S/C20H22ClN5O.ClH/c1-15-19(23-24-26(15)18-9-5-8-17(21)14-18)20(27)25(13-11-22)12-10-16-6-3-2-4-7-16;/h2-9,14H,10-13,22H2,1H3;1H. The van der Waals surface area contributed by atoms with E-state index < -0.39 is 0 Å². The van der Waals surface area contributed by atoms with Crippen molar-refractivity contribution in [3.05, 3.63) is 76.6 Å². The van der Waals surface area contributed by atoms with Crippen LogP contribution in [-0.2, 0) is 6.42 Å². The molecule has 1 amide bonds. The summed E-state index contributed by atoms with van der Waals surface area (Å²) in [6.07, 6.45) is 0.758. The van der Waals surface area contributed by atoms with Gasteiger partial charge in [-0.15, -0.1) is 17.5 Å². The van der Waals surface area contributed by atoms with Crippen molar-refractivity contribution in [3.63, 3.8) is 0 Å². The summed E-state index contributed by atoms with van der Waals surface area (Å²) in [6.45, 7) is 3.26. The summed E-state index contributed by atoms with van der Waals surface area (Å²) in [5, 5.41) is 8.86. The van der Waals surface area contributed by atoms with E-state index >= 15 is 0 Å². The number of aromatic nitrogens is 3. The molecule has 0 bridgehead atoms. The smallest absolute Gasteiger partial charge is 0.276 e. The summed E-state index contributed by atoms with van der Waals surface area (Å²) in [5.41, 5.74) is 8.65. The van der Waals surface area contributed by atoms with Gasteiger partial charge in [-0.25, -0.2) is 4.68 Å². The van der Waals surface area contributed by atoms with E-state index in [9.17, 15) is 4.79 Å². The first-order valence-electron chi connectivity index (χ1n) is 8.81.